The SMILES string of the molecule is CCCCc1ccc(C#N)c(=O)n1Cc1ccc(-c2ccccc2-c2nnn[nH]2)cc1. The van der Waals surface area contributed by atoms with Gasteiger partial charge >= 0.3 is 0 Å². The van der Waals surface area contributed by atoms with Gasteiger partial charge in [-0.3, -0.25) is 4.79 Å². The van der Waals surface area contributed by atoms with Crippen LogP contribution in [0.5, 0.6) is 0 Å². The normalized spacial score (nSPS) is 10.7. The van der Waals surface area contributed by atoms with E-state index < -0.39 is 0 Å². The van der Waals surface area contributed by atoms with E-state index in [0.29, 0.717) is 12.4 Å². The van der Waals surface area contributed by atoms with Gasteiger partial charge < -0.3 is 4.57 Å². The first-order chi connectivity index (χ1) is 15.2. The minimum absolute atomic E-state index is 0.173. The summed E-state index contributed by atoms with van der Waals surface area (Å²) in [4.78, 5) is 12.8. The van der Waals surface area contributed by atoms with Crippen LogP contribution >= 0.6 is 0 Å². The summed E-state index contributed by atoms with van der Waals surface area (Å²) in [5, 5.41) is 23.4. The summed E-state index contributed by atoms with van der Waals surface area (Å²) < 4.78 is 1.72. The van der Waals surface area contributed by atoms with Crippen molar-refractivity contribution in [2.75, 3.05) is 0 Å². The van der Waals surface area contributed by atoms with Crippen molar-refractivity contribution in [3.05, 3.63) is 87.8 Å². The van der Waals surface area contributed by atoms with Crippen LogP contribution in [0.2, 0.25) is 0 Å². The van der Waals surface area contributed by atoms with E-state index in [0.717, 1.165) is 47.2 Å². The quantitative estimate of drug-likeness (QED) is 0.497. The number of benzene rings is 2. The van der Waals surface area contributed by atoms with E-state index in [9.17, 15) is 10.1 Å². The fourth-order valence-corrected chi connectivity index (χ4v) is 3.64. The monoisotopic (exact) mass is 410 g/mol. The molecule has 0 fully saturated rings. The standard InChI is InChI=1S/C24H22N6O/c1-2-3-6-20-14-13-19(15-25)24(31)30(20)16-17-9-11-18(12-10-17)21-7-4-5-8-22(21)23-26-28-29-27-23/h4-5,7-14H,2-3,6,16H2,1H3,(H,26,27,28,29). The highest BCUT2D eigenvalue weighted by molar-refractivity contribution is 5.80. The Labute approximate surface area is 180 Å². The van der Waals surface area contributed by atoms with Gasteiger partial charge in [0.25, 0.3) is 5.56 Å². The number of hydrogen-bond donors (Lipinski definition) is 1. The van der Waals surface area contributed by atoms with Crippen molar-refractivity contribution in [2.45, 2.75) is 32.7 Å². The third kappa shape index (κ3) is 4.28. The lowest BCUT2D eigenvalue weighted by molar-refractivity contribution is 0.665. The highest BCUT2D eigenvalue weighted by Crippen LogP contribution is 2.29. The summed E-state index contributed by atoms with van der Waals surface area (Å²) in [6.45, 7) is 2.55. The fourth-order valence-electron chi connectivity index (χ4n) is 3.64. The van der Waals surface area contributed by atoms with Crippen molar-refractivity contribution in [1.29, 1.82) is 5.26 Å². The molecule has 0 atom stereocenters. The van der Waals surface area contributed by atoms with Crippen LogP contribution in [0, 0.1) is 11.3 Å². The second kappa shape index (κ2) is 9.18. The Morgan fingerprint density at radius 3 is 2.48 bits per heavy atom. The van der Waals surface area contributed by atoms with Crippen LogP contribution in [-0.4, -0.2) is 25.2 Å². The molecule has 0 bridgehead atoms. The first-order valence-corrected chi connectivity index (χ1v) is 10.3. The number of unbranched alkanes of at least 4 members (excludes halogenated alkanes) is 1. The van der Waals surface area contributed by atoms with Gasteiger partial charge in [-0.2, -0.15) is 5.26 Å². The Kier molecular flexibility index (Phi) is 5.99. The molecule has 7 nitrogen and oxygen atoms in total. The van der Waals surface area contributed by atoms with Gasteiger partial charge in [-0.1, -0.05) is 61.9 Å². The van der Waals surface area contributed by atoms with Crippen molar-refractivity contribution in [1.82, 2.24) is 25.2 Å². The topological polar surface area (TPSA) is 100 Å². The largest absolute Gasteiger partial charge is 0.307 e. The van der Waals surface area contributed by atoms with Gasteiger partial charge in [-0.25, -0.2) is 5.10 Å². The number of hydrogen-bond acceptors (Lipinski definition) is 5. The number of H-pyrrole nitrogens is 1. The van der Waals surface area contributed by atoms with Crippen molar-refractivity contribution in [2.24, 2.45) is 0 Å². The third-order valence-corrected chi connectivity index (χ3v) is 5.30. The number of aromatic amines is 1. The van der Waals surface area contributed by atoms with Crippen LogP contribution in [-0.2, 0) is 13.0 Å². The number of nitriles is 1. The van der Waals surface area contributed by atoms with Gasteiger partial charge in [-0.05, 0) is 52.1 Å². The smallest absolute Gasteiger partial charge is 0.268 e. The molecule has 7 heteroatoms. The molecule has 2 aromatic heterocycles. The molecule has 0 saturated carbocycles. The zero-order valence-corrected chi connectivity index (χ0v) is 17.2. The first kappa shape index (κ1) is 20.2. The van der Waals surface area contributed by atoms with E-state index in [2.05, 4.69) is 27.5 Å². The van der Waals surface area contributed by atoms with Crippen LogP contribution < -0.4 is 5.56 Å². The van der Waals surface area contributed by atoms with Gasteiger partial charge in [0.05, 0.1) is 6.54 Å². The number of nitrogens with one attached hydrogen (secondary N) is 1. The number of pyridine rings is 1. The molecule has 0 aliphatic carbocycles. The van der Waals surface area contributed by atoms with Crippen LogP contribution in [0.15, 0.2) is 65.5 Å². The van der Waals surface area contributed by atoms with E-state index in [4.69, 9.17) is 0 Å². The molecule has 4 rings (SSSR count). The minimum Gasteiger partial charge on any atom is -0.307 e. The molecule has 31 heavy (non-hydrogen) atoms. The molecule has 0 amide bonds. The molecule has 1 N–H and O–H groups in total. The Bertz CT molecular complexity index is 1270. The summed E-state index contributed by atoms with van der Waals surface area (Å²) in [7, 11) is 0. The molecular weight excluding hydrogens is 388 g/mol. The lowest BCUT2D eigenvalue weighted by Gasteiger charge is -2.14. The molecule has 0 aliphatic rings. The fraction of sp³-hybridized carbons (Fsp3) is 0.208. The maximum Gasteiger partial charge on any atom is 0.268 e. The number of tetrazole rings is 1. The molecule has 2 heterocycles. The summed E-state index contributed by atoms with van der Waals surface area (Å²) in [5.74, 6) is 0.611. The van der Waals surface area contributed by atoms with Crippen LogP contribution in [0.3, 0.4) is 0 Å². The van der Waals surface area contributed by atoms with Gasteiger partial charge in [0.1, 0.15) is 11.6 Å². The second-order valence-corrected chi connectivity index (χ2v) is 7.34. The summed E-state index contributed by atoms with van der Waals surface area (Å²) in [5.41, 5.74) is 4.85. The maximum atomic E-state index is 12.8. The average molecular weight is 410 g/mol. The van der Waals surface area contributed by atoms with Gasteiger partial charge in [0, 0.05) is 11.3 Å². The molecule has 0 saturated heterocycles. The Morgan fingerprint density at radius 1 is 1.03 bits per heavy atom. The second-order valence-electron chi connectivity index (χ2n) is 7.34. The van der Waals surface area contributed by atoms with Crippen LogP contribution in [0.4, 0.5) is 0 Å². The van der Waals surface area contributed by atoms with E-state index in [1.54, 1.807) is 10.6 Å². The van der Waals surface area contributed by atoms with Crippen LogP contribution in [0.1, 0.15) is 36.6 Å². The third-order valence-electron chi connectivity index (χ3n) is 5.30. The van der Waals surface area contributed by atoms with Gasteiger partial charge in [-0.15, -0.1) is 5.10 Å². The first-order valence-electron chi connectivity index (χ1n) is 10.3. The number of rotatable bonds is 7. The molecule has 4 aromatic rings. The Hall–Kier alpha value is -4.05. The van der Waals surface area contributed by atoms with Gasteiger partial charge in [0.15, 0.2) is 5.82 Å². The van der Waals surface area contributed by atoms with Crippen molar-refractivity contribution in [3.63, 3.8) is 0 Å². The number of aromatic nitrogens is 5. The minimum atomic E-state index is -0.233. The predicted molar refractivity (Wildman–Crippen MR) is 118 cm³/mol. The van der Waals surface area contributed by atoms with E-state index in [-0.39, 0.29) is 11.1 Å². The van der Waals surface area contributed by atoms with Crippen molar-refractivity contribution >= 4 is 0 Å². The molecule has 154 valence electrons. The lowest BCUT2D eigenvalue weighted by Crippen LogP contribution is -2.26. The Balaban J connectivity index is 1.66. The van der Waals surface area contributed by atoms with E-state index >= 15 is 0 Å². The van der Waals surface area contributed by atoms with Crippen molar-refractivity contribution < 1.29 is 0 Å². The maximum absolute atomic E-state index is 12.8. The van der Waals surface area contributed by atoms with E-state index in [1.165, 1.54) is 0 Å². The Morgan fingerprint density at radius 2 is 1.81 bits per heavy atom. The summed E-state index contributed by atoms with van der Waals surface area (Å²) >= 11 is 0. The summed E-state index contributed by atoms with van der Waals surface area (Å²) in [6, 6.07) is 21.5. The zero-order valence-electron chi connectivity index (χ0n) is 17.2. The highest BCUT2D eigenvalue weighted by atomic mass is 16.1. The molecule has 2 aromatic carbocycles. The molecule has 0 aliphatic heterocycles. The van der Waals surface area contributed by atoms with Crippen molar-refractivity contribution in [3.8, 4) is 28.6 Å². The molecular formula is C24H22N6O. The summed E-state index contributed by atoms with van der Waals surface area (Å²) in [6.07, 6.45) is 2.86. The zero-order chi connectivity index (χ0) is 21.6. The molecule has 0 radical (unpaired) electrons. The number of aryl methyl sites for hydroxylation is 1. The predicted octanol–water partition coefficient (Wildman–Crippen LogP) is 3.96. The molecule has 0 spiro atoms. The lowest BCUT2D eigenvalue weighted by atomic mass is 9.98. The van der Waals surface area contributed by atoms with E-state index in [1.807, 2.05) is 60.7 Å². The van der Waals surface area contributed by atoms with Gasteiger partial charge in [0.2, 0.25) is 0 Å². The molecule has 0 unspecified atom stereocenters. The average Bonchev–Trinajstić information content (AvgIpc) is 3.35. The van der Waals surface area contributed by atoms with Crippen LogP contribution in [0.25, 0.3) is 22.5 Å². The number of nitrogens with zero attached hydrogens (tertiary/aromatic N) is 5. The highest BCUT2D eigenvalue weighted by Gasteiger charge is 2.12.